The first kappa shape index (κ1) is 14.5. The molecule has 0 aliphatic carbocycles. The van der Waals surface area contributed by atoms with Crippen molar-refractivity contribution in [2.45, 2.75) is 6.61 Å². The van der Waals surface area contributed by atoms with Crippen LogP contribution in [0.25, 0.3) is 0 Å². The second-order valence-electron chi connectivity index (χ2n) is 4.03. The SMILES string of the molecule is COc1ccc(Br)c(C=O)c1OCc1ccc(F)cc1. The van der Waals surface area contributed by atoms with Gasteiger partial charge in [0.2, 0.25) is 0 Å². The lowest BCUT2D eigenvalue weighted by atomic mass is 10.2. The Morgan fingerprint density at radius 2 is 1.90 bits per heavy atom. The third kappa shape index (κ3) is 3.17. The number of benzene rings is 2. The predicted octanol–water partition coefficient (Wildman–Crippen LogP) is 3.99. The summed E-state index contributed by atoms with van der Waals surface area (Å²) in [6.07, 6.45) is 0.701. The quantitative estimate of drug-likeness (QED) is 0.773. The van der Waals surface area contributed by atoms with E-state index in [4.69, 9.17) is 9.47 Å². The zero-order chi connectivity index (χ0) is 14.5. The average Bonchev–Trinajstić information content (AvgIpc) is 2.46. The Bertz CT molecular complexity index is 611. The maximum Gasteiger partial charge on any atom is 0.173 e. The molecule has 0 saturated carbocycles. The van der Waals surface area contributed by atoms with Crippen LogP contribution in [-0.2, 0) is 6.61 Å². The van der Waals surface area contributed by atoms with Crippen LogP contribution in [0.2, 0.25) is 0 Å². The minimum Gasteiger partial charge on any atom is -0.493 e. The summed E-state index contributed by atoms with van der Waals surface area (Å²) in [5.74, 6) is 0.529. The first-order valence-electron chi connectivity index (χ1n) is 5.84. The maximum atomic E-state index is 12.8. The number of rotatable bonds is 5. The Labute approximate surface area is 124 Å². The fraction of sp³-hybridized carbons (Fsp3) is 0.133. The number of aldehydes is 1. The molecule has 0 fully saturated rings. The molecule has 0 aliphatic heterocycles. The highest BCUT2D eigenvalue weighted by atomic mass is 79.9. The van der Waals surface area contributed by atoms with Gasteiger partial charge in [0.1, 0.15) is 12.4 Å². The van der Waals surface area contributed by atoms with Gasteiger partial charge in [0.05, 0.1) is 12.7 Å². The van der Waals surface area contributed by atoms with Crippen molar-refractivity contribution in [2.24, 2.45) is 0 Å². The second kappa shape index (κ2) is 6.52. The van der Waals surface area contributed by atoms with E-state index in [-0.39, 0.29) is 12.4 Å². The minimum atomic E-state index is -0.303. The normalized spacial score (nSPS) is 10.2. The molecule has 2 aromatic rings. The summed E-state index contributed by atoms with van der Waals surface area (Å²) >= 11 is 3.29. The zero-order valence-corrected chi connectivity index (χ0v) is 12.3. The van der Waals surface area contributed by atoms with E-state index in [9.17, 15) is 9.18 Å². The summed E-state index contributed by atoms with van der Waals surface area (Å²) in [4.78, 5) is 11.2. The molecule has 0 aromatic heterocycles. The molecule has 0 atom stereocenters. The number of methoxy groups -OCH3 is 1. The molecule has 0 spiro atoms. The molecule has 20 heavy (non-hydrogen) atoms. The van der Waals surface area contributed by atoms with Crippen molar-refractivity contribution in [3.05, 3.63) is 57.8 Å². The van der Waals surface area contributed by atoms with Gasteiger partial charge < -0.3 is 9.47 Å². The summed E-state index contributed by atoms with van der Waals surface area (Å²) in [6, 6.07) is 9.39. The fourth-order valence-corrected chi connectivity index (χ4v) is 2.12. The molecule has 0 aliphatic rings. The molecule has 2 rings (SSSR count). The van der Waals surface area contributed by atoms with Gasteiger partial charge in [-0.2, -0.15) is 0 Å². The van der Waals surface area contributed by atoms with Crippen molar-refractivity contribution in [1.82, 2.24) is 0 Å². The zero-order valence-electron chi connectivity index (χ0n) is 10.7. The molecule has 104 valence electrons. The van der Waals surface area contributed by atoms with E-state index < -0.39 is 0 Å². The van der Waals surface area contributed by atoms with E-state index in [2.05, 4.69) is 15.9 Å². The lowest BCUT2D eigenvalue weighted by Gasteiger charge is -2.13. The number of hydrogen-bond donors (Lipinski definition) is 0. The van der Waals surface area contributed by atoms with Crippen LogP contribution in [0.15, 0.2) is 40.9 Å². The summed E-state index contributed by atoms with van der Waals surface area (Å²) in [5, 5.41) is 0. The first-order valence-corrected chi connectivity index (χ1v) is 6.64. The van der Waals surface area contributed by atoms with Gasteiger partial charge in [0, 0.05) is 4.47 Å². The number of ether oxygens (including phenoxy) is 2. The minimum absolute atomic E-state index is 0.216. The van der Waals surface area contributed by atoms with Gasteiger partial charge in [-0.05, 0) is 45.8 Å². The highest BCUT2D eigenvalue weighted by Gasteiger charge is 2.14. The molecule has 0 radical (unpaired) electrons. The largest absolute Gasteiger partial charge is 0.493 e. The molecule has 0 N–H and O–H groups in total. The highest BCUT2D eigenvalue weighted by Crippen LogP contribution is 2.35. The number of carbonyl (C=O) groups is 1. The van der Waals surface area contributed by atoms with Crippen LogP contribution in [0.3, 0.4) is 0 Å². The van der Waals surface area contributed by atoms with Gasteiger partial charge in [-0.1, -0.05) is 12.1 Å². The van der Waals surface area contributed by atoms with Crippen LogP contribution in [0.1, 0.15) is 15.9 Å². The van der Waals surface area contributed by atoms with E-state index in [1.165, 1.54) is 19.2 Å². The van der Waals surface area contributed by atoms with Gasteiger partial charge in [-0.3, -0.25) is 4.79 Å². The Balaban J connectivity index is 2.25. The third-order valence-corrected chi connectivity index (χ3v) is 3.43. The van der Waals surface area contributed by atoms with Crippen molar-refractivity contribution >= 4 is 22.2 Å². The number of halogens is 2. The van der Waals surface area contributed by atoms with Crippen molar-refractivity contribution in [3.8, 4) is 11.5 Å². The van der Waals surface area contributed by atoms with E-state index in [0.29, 0.717) is 27.8 Å². The maximum absolute atomic E-state index is 12.8. The molecule has 0 saturated heterocycles. The summed E-state index contributed by atoms with van der Waals surface area (Å²) < 4.78 is 24.3. The van der Waals surface area contributed by atoms with Crippen LogP contribution in [0.4, 0.5) is 4.39 Å². The first-order chi connectivity index (χ1) is 9.65. The van der Waals surface area contributed by atoms with Gasteiger partial charge in [0.15, 0.2) is 17.8 Å². The second-order valence-corrected chi connectivity index (χ2v) is 4.88. The standard InChI is InChI=1S/C15H12BrFO3/c1-19-14-7-6-13(16)12(8-18)15(14)20-9-10-2-4-11(17)5-3-10/h2-8H,9H2,1H3. The van der Waals surface area contributed by atoms with Gasteiger partial charge in [-0.25, -0.2) is 4.39 Å². The third-order valence-electron chi connectivity index (χ3n) is 2.74. The monoisotopic (exact) mass is 338 g/mol. The molecule has 2 aromatic carbocycles. The molecule has 0 bridgehead atoms. The van der Waals surface area contributed by atoms with Gasteiger partial charge in [-0.15, -0.1) is 0 Å². The molecule has 0 amide bonds. The molecular formula is C15H12BrFO3. The number of carbonyl (C=O) groups excluding carboxylic acids is 1. The van der Waals surface area contributed by atoms with Crippen molar-refractivity contribution < 1.29 is 18.7 Å². The van der Waals surface area contributed by atoms with Crippen molar-refractivity contribution in [2.75, 3.05) is 7.11 Å². The Morgan fingerprint density at radius 3 is 2.50 bits per heavy atom. The van der Waals surface area contributed by atoms with Gasteiger partial charge in [0.25, 0.3) is 0 Å². The summed E-state index contributed by atoms with van der Waals surface area (Å²) in [7, 11) is 1.50. The van der Waals surface area contributed by atoms with E-state index >= 15 is 0 Å². The molecule has 0 heterocycles. The molecular weight excluding hydrogens is 327 g/mol. The summed E-state index contributed by atoms with van der Waals surface area (Å²) in [5.41, 5.74) is 1.18. The Kier molecular flexibility index (Phi) is 4.74. The summed E-state index contributed by atoms with van der Waals surface area (Å²) in [6.45, 7) is 0.216. The lowest BCUT2D eigenvalue weighted by Crippen LogP contribution is -2.01. The predicted molar refractivity (Wildman–Crippen MR) is 76.8 cm³/mol. The molecule has 3 nitrogen and oxygen atoms in total. The number of hydrogen-bond acceptors (Lipinski definition) is 3. The Hall–Kier alpha value is -1.88. The van der Waals surface area contributed by atoms with E-state index in [1.54, 1.807) is 24.3 Å². The van der Waals surface area contributed by atoms with E-state index in [0.717, 1.165) is 5.56 Å². The van der Waals surface area contributed by atoms with Gasteiger partial charge >= 0.3 is 0 Å². The Morgan fingerprint density at radius 1 is 1.20 bits per heavy atom. The molecule has 5 heteroatoms. The van der Waals surface area contributed by atoms with E-state index in [1.807, 2.05) is 0 Å². The van der Waals surface area contributed by atoms with Crippen LogP contribution >= 0.6 is 15.9 Å². The van der Waals surface area contributed by atoms with Crippen molar-refractivity contribution in [3.63, 3.8) is 0 Å². The van der Waals surface area contributed by atoms with Crippen LogP contribution in [0, 0.1) is 5.82 Å². The van der Waals surface area contributed by atoms with Crippen LogP contribution in [0.5, 0.6) is 11.5 Å². The highest BCUT2D eigenvalue weighted by molar-refractivity contribution is 9.10. The molecule has 0 unspecified atom stereocenters. The topological polar surface area (TPSA) is 35.5 Å². The van der Waals surface area contributed by atoms with Crippen LogP contribution < -0.4 is 9.47 Å². The van der Waals surface area contributed by atoms with Crippen LogP contribution in [-0.4, -0.2) is 13.4 Å². The smallest absolute Gasteiger partial charge is 0.173 e. The van der Waals surface area contributed by atoms with Crippen molar-refractivity contribution in [1.29, 1.82) is 0 Å². The average molecular weight is 339 g/mol. The fourth-order valence-electron chi connectivity index (χ4n) is 1.71. The lowest BCUT2D eigenvalue weighted by molar-refractivity contribution is 0.111.